The number of amides is 2. The lowest BCUT2D eigenvalue weighted by atomic mass is 9.65. The van der Waals surface area contributed by atoms with Crippen LogP contribution in [0.5, 0.6) is 0 Å². The molecule has 0 spiro atoms. The van der Waals surface area contributed by atoms with Gasteiger partial charge in [0.05, 0.1) is 13.2 Å². The van der Waals surface area contributed by atoms with E-state index in [-0.39, 0.29) is 30.9 Å². The summed E-state index contributed by atoms with van der Waals surface area (Å²) in [5.74, 6) is 3.55. The Morgan fingerprint density at radius 2 is 1.52 bits per heavy atom. The van der Waals surface area contributed by atoms with E-state index in [0.717, 1.165) is 36.5 Å². The molecule has 0 aromatic rings. The molecule has 4 aliphatic rings. The maximum Gasteiger partial charge on any atom is 0.259 e. The molecule has 0 bridgehead atoms. The molecule has 2 aliphatic carbocycles. The molecule has 4 rings (SSSR count). The fraction of sp³-hybridized carbons (Fsp3) is 0.913. The third-order valence-electron chi connectivity index (χ3n) is 8.21. The molecule has 164 valence electrons. The van der Waals surface area contributed by atoms with Crippen molar-refractivity contribution in [3.8, 4) is 0 Å². The van der Waals surface area contributed by atoms with Crippen LogP contribution in [0.25, 0.3) is 0 Å². The van der Waals surface area contributed by atoms with E-state index in [1.165, 1.54) is 32.1 Å². The van der Waals surface area contributed by atoms with Crippen LogP contribution in [0.1, 0.15) is 58.8 Å². The number of rotatable bonds is 3. The Labute approximate surface area is 174 Å². The molecule has 2 saturated heterocycles. The molecule has 3 unspecified atom stereocenters. The van der Waals surface area contributed by atoms with Gasteiger partial charge in [-0.3, -0.25) is 9.59 Å². The summed E-state index contributed by atoms with van der Waals surface area (Å²) in [4.78, 5) is 29.1. The molecule has 3 atom stereocenters. The van der Waals surface area contributed by atoms with Gasteiger partial charge in [0.15, 0.2) is 5.60 Å². The topological polar surface area (TPSA) is 70.1 Å². The molecule has 0 aromatic carbocycles. The van der Waals surface area contributed by atoms with Gasteiger partial charge in [0.1, 0.15) is 0 Å². The van der Waals surface area contributed by atoms with E-state index in [1.807, 2.05) is 4.90 Å². The molecule has 1 N–H and O–H groups in total. The molecule has 6 nitrogen and oxygen atoms in total. The molecule has 2 heterocycles. The lowest BCUT2D eigenvalue weighted by Crippen LogP contribution is -2.64. The van der Waals surface area contributed by atoms with Crippen LogP contribution in [-0.4, -0.2) is 71.7 Å². The molecular weight excluding hydrogens is 368 g/mol. The van der Waals surface area contributed by atoms with Crippen molar-refractivity contribution < 1.29 is 19.4 Å². The number of hydrogen-bond acceptors (Lipinski definition) is 4. The maximum atomic E-state index is 13.0. The van der Waals surface area contributed by atoms with Gasteiger partial charge in [-0.2, -0.15) is 0 Å². The summed E-state index contributed by atoms with van der Waals surface area (Å²) < 4.78 is 4.99. The van der Waals surface area contributed by atoms with E-state index >= 15 is 0 Å². The third-order valence-corrected chi connectivity index (χ3v) is 8.21. The van der Waals surface area contributed by atoms with Crippen molar-refractivity contribution in [1.82, 2.24) is 9.80 Å². The van der Waals surface area contributed by atoms with Gasteiger partial charge in [0, 0.05) is 32.1 Å². The van der Waals surface area contributed by atoms with Crippen LogP contribution < -0.4 is 0 Å². The Bertz CT molecular complexity index is 604. The highest BCUT2D eigenvalue weighted by molar-refractivity contribution is 5.86. The quantitative estimate of drug-likeness (QED) is 0.781. The number of piperazine rings is 1. The number of hydrogen-bond donors (Lipinski definition) is 1. The second-order valence-electron chi connectivity index (χ2n) is 10.3. The van der Waals surface area contributed by atoms with Crippen LogP contribution in [0.2, 0.25) is 0 Å². The first-order valence-electron chi connectivity index (χ1n) is 11.8. The maximum absolute atomic E-state index is 13.0. The minimum Gasteiger partial charge on any atom is -0.376 e. The van der Waals surface area contributed by atoms with Crippen LogP contribution in [-0.2, 0) is 14.3 Å². The summed E-state index contributed by atoms with van der Waals surface area (Å²) in [5.41, 5.74) is -1.34. The summed E-state index contributed by atoms with van der Waals surface area (Å²) in [6.45, 7) is 7.20. The summed E-state index contributed by atoms with van der Waals surface area (Å²) in [7, 11) is 0. The molecule has 0 aromatic heterocycles. The van der Waals surface area contributed by atoms with Crippen LogP contribution in [0.15, 0.2) is 0 Å². The lowest BCUT2D eigenvalue weighted by Gasteiger charge is -2.44. The number of ether oxygens (including phenoxy) is 1. The lowest BCUT2D eigenvalue weighted by molar-refractivity contribution is -0.201. The smallest absolute Gasteiger partial charge is 0.259 e. The fourth-order valence-corrected chi connectivity index (χ4v) is 6.13. The van der Waals surface area contributed by atoms with Gasteiger partial charge in [0.25, 0.3) is 5.91 Å². The van der Waals surface area contributed by atoms with Gasteiger partial charge >= 0.3 is 0 Å². The molecule has 2 amide bonds. The molecule has 4 fully saturated rings. The first-order chi connectivity index (χ1) is 13.9. The Balaban J connectivity index is 1.23. The van der Waals surface area contributed by atoms with Crippen molar-refractivity contribution in [1.29, 1.82) is 0 Å². The first-order valence-corrected chi connectivity index (χ1v) is 11.8. The van der Waals surface area contributed by atoms with Gasteiger partial charge in [-0.25, -0.2) is 0 Å². The third kappa shape index (κ3) is 4.34. The monoisotopic (exact) mass is 406 g/mol. The average molecular weight is 407 g/mol. The number of nitrogens with zero attached hydrogens (tertiary/aromatic N) is 2. The second-order valence-corrected chi connectivity index (χ2v) is 10.3. The largest absolute Gasteiger partial charge is 0.376 e. The predicted molar refractivity (Wildman–Crippen MR) is 110 cm³/mol. The van der Waals surface area contributed by atoms with E-state index < -0.39 is 5.60 Å². The zero-order valence-electron chi connectivity index (χ0n) is 18.1. The highest BCUT2D eigenvalue weighted by atomic mass is 16.5. The summed E-state index contributed by atoms with van der Waals surface area (Å²) in [6.07, 6.45) is 8.57. The second kappa shape index (κ2) is 8.54. The number of carbonyl (C=O) groups excluding carboxylic acids is 2. The van der Waals surface area contributed by atoms with Crippen LogP contribution in [0.4, 0.5) is 0 Å². The molecule has 0 radical (unpaired) electrons. The van der Waals surface area contributed by atoms with Crippen molar-refractivity contribution in [2.75, 3.05) is 39.4 Å². The van der Waals surface area contributed by atoms with Crippen molar-refractivity contribution in [2.24, 2.45) is 29.6 Å². The van der Waals surface area contributed by atoms with E-state index in [1.54, 1.807) is 4.90 Å². The Morgan fingerprint density at radius 3 is 2.10 bits per heavy atom. The van der Waals surface area contributed by atoms with Crippen molar-refractivity contribution in [2.45, 2.75) is 64.4 Å². The number of aliphatic hydroxyl groups is 1. The van der Waals surface area contributed by atoms with Gasteiger partial charge in [-0.15, -0.1) is 0 Å². The highest BCUT2D eigenvalue weighted by Gasteiger charge is 2.47. The highest BCUT2D eigenvalue weighted by Crippen LogP contribution is 2.44. The van der Waals surface area contributed by atoms with E-state index in [4.69, 9.17) is 4.74 Å². The van der Waals surface area contributed by atoms with Crippen LogP contribution >= 0.6 is 0 Å². The first kappa shape index (κ1) is 21.1. The predicted octanol–water partition coefficient (Wildman–Crippen LogP) is 2.30. The Hall–Kier alpha value is -1.14. The minimum absolute atomic E-state index is 0.0899. The summed E-state index contributed by atoms with van der Waals surface area (Å²) in [5, 5.41) is 10.2. The Kier molecular flexibility index (Phi) is 6.22. The fourth-order valence-electron chi connectivity index (χ4n) is 6.13. The SMILES string of the molecule is CC1CCC(C)C(C2CCC(C(=O)N3CCN(C(=O)C4(O)COC4)CC3)CC2)C1. The zero-order chi connectivity index (χ0) is 20.6. The van der Waals surface area contributed by atoms with E-state index in [9.17, 15) is 14.7 Å². The molecule has 6 heteroatoms. The summed E-state index contributed by atoms with van der Waals surface area (Å²) in [6, 6.07) is 0. The zero-order valence-corrected chi connectivity index (χ0v) is 18.1. The van der Waals surface area contributed by atoms with E-state index in [0.29, 0.717) is 26.2 Å². The molecule has 2 aliphatic heterocycles. The van der Waals surface area contributed by atoms with Gasteiger partial charge in [0.2, 0.25) is 5.91 Å². The standard InChI is InChI=1S/C23H38N2O4/c1-16-3-4-17(2)20(13-16)18-5-7-19(8-6-18)21(26)24-9-11-25(12-10-24)22(27)23(28)14-29-15-23/h16-20,28H,3-15H2,1-2H3. The average Bonchev–Trinajstić information content (AvgIpc) is 2.73. The van der Waals surface area contributed by atoms with Crippen molar-refractivity contribution in [3.05, 3.63) is 0 Å². The van der Waals surface area contributed by atoms with Crippen molar-refractivity contribution >= 4 is 11.8 Å². The number of carbonyl (C=O) groups is 2. The van der Waals surface area contributed by atoms with Gasteiger partial charge < -0.3 is 19.6 Å². The molecular formula is C23H38N2O4. The Morgan fingerprint density at radius 1 is 0.897 bits per heavy atom. The molecule has 2 saturated carbocycles. The van der Waals surface area contributed by atoms with Gasteiger partial charge in [-0.05, 0) is 55.8 Å². The normalized spacial score (nSPS) is 37.7. The van der Waals surface area contributed by atoms with Crippen LogP contribution in [0.3, 0.4) is 0 Å². The van der Waals surface area contributed by atoms with Crippen LogP contribution in [0, 0.1) is 29.6 Å². The summed E-state index contributed by atoms with van der Waals surface area (Å²) >= 11 is 0. The minimum atomic E-state index is -1.34. The van der Waals surface area contributed by atoms with Crippen molar-refractivity contribution in [3.63, 3.8) is 0 Å². The van der Waals surface area contributed by atoms with Gasteiger partial charge in [-0.1, -0.05) is 26.7 Å². The van der Waals surface area contributed by atoms with E-state index in [2.05, 4.69) is 13.8 Å². The molecule has 29 heavy (non-hydrogen) atoms.